The molecule has 1 aliphatic heterocycles. The number of piperidine rings is 1. The summed E-state index contributed by atoms with van der Waals surface area (Å²) in [6, 6.07) is 7.23. The number of nitrogens with zero attached hydrogens (tertiary/aromatic N) is 1. The predicted octanol–water partition coefficient (Wildman–Crippen LogP) is 3.02. The number of Topliss-reactive ketones (excluding diaryl/α,β-unsaturated/α-hetero) is 1. The Morgan fingerprint density at radius 3 is 2.68 bits per heavy atom. The van der Waals surface area contributed by atoms with Gasteiger partial charge in [-0.3, -0.25) is 4.79 Å². The number of carbonyl (C=O) groups excluding carboxylic acids is 1. The van der Waals surface area contributed by atoms with Crippen molar-refractivity contribution in [3.8, 4) is 5.75 Å². The fourth-order valence-corrected chi connectivity index (χ4v) is 2.79. The molecular weight excluding hydrogens is 278 g/mol. The van der Waals surface area contributed by atoms with E-state index in [2.05, 4.69) is 11.8 Å². The van der Waals surface area contributed by atoms with Gasteiger partial charge in [-0.2, -0.15) is 0 Å². The number of hydrogen-bond donors (Lipinski definition) is 0. The first kappa shape index (κ1) is 17.0. The first-order valence-electron chi connectivity index (χ1n) is 8.19. The Morgan fingerprint density at radius 2 is 2.00 bits per heavy atom. The summed E-state index contributed by atoms with van der Waals surface area (Å²) < 4.78 is 11.2. The second-order valence-corrected chi connectivity index (χ2v) is 6.09. The third-order valence-electron chi connectivity index (χ3n) is 4.05. The van der Waals surface area contributed by atoms with E-state index in [0.717, 1.165) is 24.8 Å². The first-order valence-corrected chi connectivity index (χ1v) is 8.19. The molecule has 0 spiro atoms. The van der Waals surface area contributed by atoms with Crippen molar-refractivity contribution in [1.29, 1.82) is 0 Å². The second kappa shape index (κ2) is 8.91. The van der Waals surface area contributed by atoms with Crippen LogP contribution in [0.1, 0.15) is 37.0 Å². The van der Waals surface area contributed by atoms with Crippen molar-refractivity contribution in [2.75, 3.05) is 39.5 Å². The summed E-state index contributed by atoms with van der Waals surface area (Å²) in [4.78, 5) is 13.7. The topological polar surface area (TPSA) is 38.8 Å². The second-order valence-electron chi connectivity index (χ2n) is 6.09. The highest BCUT2D eigenvalue weighted by Crippen LogP contribution is 2.15. The maximum absolute atomic E-state index is 11.2. The number of ketones is 1. The van der Waals surface area contributed by atoms with E-state index < -0.39 is 0 Å². The van der Waals surface area contributed by atoms with Crippen molar-refractivity contribution in [1.82, 2.24) is 4.90 Å². The quantitative estimate of drug-likeness (QED) is 0.547. The van der Waals surface area contributed by atoms with Crippen LogP contribution >= 0.6 is 0 Å². The van der Waals surface area contributed by atoms with Crippen molar-refractivity contribution in [2.45, 2.75) is 26.7 Å². The molecule has 1 heterocycles. The van der Waals surface area contributed by atoms with Crippen LogP contribution in [0.4, 0.5) is 0 Å². The van der Waals surface area contributed by atoms with Crippen molar-refractivity contribution in [2.24, 2.45) is 5.92 Å². The van der Waals surface area contributed by atoms with Crippen LogP contribution < -0.4 is 4.74 Å². The Balaban J connectivity index is 1.54. The van der Waals surface area contributed by atoms with Crippen molar-refractivity contribution < 1.29 is 14.3 Å². The standard InChI is InChI=1S/C18H27NO3/c1-15-4-3-9-19(14-15)10-11-21-12-13-22-18-7-5-17(6-8-18)16(2)20/h5-8,15H,3-4,9-14H2,1-2H3. The Hall–Kier alpha value is -1.39. The lowest BCUT2D eigenvalue weighted by Crippen LogP contribution is -2.36. The average molecular weight is 305 g/mol. The summed E-state index contributed by atoms with van der Waals surface area (Å²) in [5.74, 6) is 1.66. The van der Waals surface area contributed by atoms with Crippen LogP contribution in [-0.2, 0) is 4.74 Å². The molecule has 0 radical (unpaired) electrons. The Bertz CT molecular complexity index is 458. The molecule has 1 atom stereocenters. The Labute approximate surface area is 133 Å². The lowest BCUT2D eigenvalue weighted by Gasteiger charge is -2.30. The lowest BCUT2D eigenvalue weighted by atomic mass is 10.0. The Kier molecular flexibility index (Phi) is 6.87. The largest absolute Gasteiger partial charge is 0.491 e. The molecule has 0 N–H and O–H groups in total. The van der Waals surface area contributed by atoms with Gasteiger partial charge in [0.25, 0.3) is 0 Å². The molecule has 1 saturated heterocycles. The van der Waals surface area contributed by atoms with Crippen LogP contribution in [0.2, 0.25) is 0 Å². The number of ether oxygens (including phenoxy) is 2. The van der Waals surface area contributed by atoms with Crippen molar-refractivity contribution in [3.63, 3.8) is 0 Å². The highest BCUT2D eigenvalue weighted by Gasteiger charge is 2.15. The fraction of sp³-hybridized carbons (Fsp3) is 0.611. The number of hydrogen-bond acceptors (Lipinski definition) is 4. The van der Waals surface area contributed by atoms with Gasteiger partial charge in [0.05, 0.1) is 13.2 Å². The molecule has 0 aromatic heterocycles. The molecule has 1 aliphatic rings. The predicted molar refractivity (Wildman–Crippen MR) is 87.6 cm³/mol. The van der Waals surface area contributed by atoms with Gasteiger partial charge in [-0.25, -0.2) is 0 Å². The maximum atomic E-state index is 11.2. The SMILES string of the molecule is CC(=O)c1ccc(OCCOCCN2CCCC(C)C2)cc1. The molecule has 0 saturated carbocycles. The molecule has 0 aliphatic carbocycles. The molecule has 0 amide bonds. The third-order valence-corrected chi connectivity index (χ3v) is 4.05. The molecule has 22 heavy (non-hydrogen) atoms. The minimum atomic E-state index is 0.0712. The molecule has 1 aromatic rings. The summed E-state index contributed by atoms with van der Waals surface area (Å²) in [5.41, 5.74) is 0.708. The Morgan fingerprint density at radius 1 is 1.23 bits per heavy atom. The zero-order valence-corrected chi connectivity index (χ0v) is 13.7. The molecule has 2 rings (SSSR count). The maximum Gasteiger partial charge on any atom is 0.159 e. The smallest absolute Gasteiger partial charge is 0.159 e. The normalized spacial score (nSPS) is 19.1. The average Bonchev–Trinajstić information content (AvgIpc) is 2.51. The van der Waals surface area contributed by atoms with E-state index in [-0.39, 0.29) is 5.78 Å². The molecule has 1 aromatic carbocycles. The number of rotatable bonds is 8. The summed E-state index contributed by atoms with van der Waals surface area (Å²) in [6.45, 7) is 9.19. The highest BCUT2D eigenvalue weighted by atomic mass is 16.5. The van der Waals surface area contributed by atoms with Crippen molar-refractivity contribution in [3.05, 3.63) is 29.8 Å². The monoisotopic (exact) mass is 305 g/mol. The third kappa shape index (κ3) is 5.78. The number of carbonyl (C=O) groups is 1. The van der Waals surface area contributed by atoms with Gasteiger partial charge in [0.2, 0.25) is 0 Å². The van der Waals surface area contributed by atoms with Gasteiger partial charge in [-0.1, -0.05) is 6.92 Å². The molecular formula is C18H27NO3. The van der Waals surface area contributed by atoms with E-state index in [4.69, 9.17) is 9.47 Å². The summed E-state index contributed by atoms with van der Waals surface area (Å²) in [6.07, 6.45) is 2.66. The molecule has 1 unspecified atom stereocenters. The van der Waals surface area contributed by atoms with Gasteiger partial charge < -0.3 is 14.4 Å². The van der Waals surface area contributed by atoms with Gasteiger partial charge in [0.15, 0.2) is 5.78 Å². The number of likely N-dealkylation sites (tertiary alicyclic amines) is 1. The zero-order chi connectivity index (χ0) is 15.8. The van der Waals surface area contributed by atoms with Crippen LogP contribution in [0.25, 0.3) is 0 Å². The summed E-state index contributed by atoms with van der Waals surface area (Å²) in [7, 11) is 0. The van der Waals surface area contributed by atoms with Crippen molar-refractivity contribution >= 4 is 5.78 Å². The molecule has 4 heteroatoms. The van der Waals surface area contributed by atoms with E-state index >= 15 is 0 Å². The van der Waals surface area contributed by atoms with Gasteiger partial charge in [-0.05, 0) is 56.5 Å². The molecule has 1 fully saturated rings. The molecule has 0 bridgehead atoms. The van der Waals surface area contributed by atoms with E-state index in [1.165, 1.54) is 25.9 Å². The number of benzene rings is 1. The van der Waals surface area contributed by atoms with Gasteiger partial charge in [-0.15, -0.1) is 0 Å². The van der Waals surface area contributed by atoms with E-state index in [1.807, 2.05) is 12.1 Å². The minimum absolute atomic E-state index is 0.0712. The van der Waals surface area contributed by atoms with E-state index in [9.17, 15) is 4.79 Å². The van der Waals surface area contributed by atoms with Crippen LogP contribution in [0, 0.1) is 5.92 Å². The zero-order valence-electron chi connectivity index (χ0n) is 13.7. The fourth-order valence-electron chi connectivity index (χ4n) is 2.79. The van der Waals surface area contributed by atoms with E-state index in [1.54, 1.807) is 19.1 Å². The first-order chi connectivity index (χ1) is 10.6. The van der Waals surface area contributed by atoms with Crippen LogP contribution in [-0.4, -0.2) is 50.1 Å². The van der Waals surface area contributed by atoms with Crippen LogP contribution in [0.3, 0.4) is 0 Å². The minimum Gasteiger partial charge on any atom is -0.491 e. The lowest BCUT2D eigenvalue weighted by molar-refractivity contribution is 0.0688. The highest BCUT2D eigenvalue weighted by molar-refractivity contribution is 5.94. The molecule has 122 valence electrons. The summed E-state index contributed by atoms with van der Waals surface area (Å²) in [5, 5.41) is 0. The molecule has 4 nitrogen and oxygen atoms in total. The van der Waals surface area contributed by atoms with Gasteiger partial charge in [0, 0.05) is 18.7 Å². The van der Waals surface area contributed by atoms with Gasteiger partial charge in [0.1, 0.15) is 12.4 Å². The van der Waals surface area contributed by atoms with Crippen LogP contribution in [0.15, 0.2) is 24.3 Å². The van der Waals surface area contributed by atoms with Gasteiger partial charge >= 0.3 is 0 Å². The summed E-state index contributed by atoms with van der Waals surface area (Å²) >= 11 is 0. The van der Waals surface area contributed by atoms with E-state index in [0.29, 0.717) is 18.8 Å². The van der Waals surface area contributed by atoms with Crippen LogP contribution in [0.5, 0.6) is 5.75 Å².